The van der Waals surface area contributed by atoms with Crippen molar-refractivity contribution in [3.05, 3.63) is 40.9 Å². The first-order chi connectivity index (χ1) is 10.7. The van der Waals surface area contributed by atoms with E-state index in [0.717, 1.165) is 17.3 Å². The molecular weight excluding hydrogens is 302 g/mol. The Morgan fingerprint density at radius 1 is 1.36 bits per heavy atom. The summed E-state index contributed by atoms with van der Waals surface area (Å²) in [5.74, 6) is 0.685. The number of morpholine rings is 1. The maximum Gasteiger partial charge on any atom is 0.138 e. The summed E-state index contributed by atoms with van der Waals surface area (Å²) < 4.78 is 10.9. The Morgan fingerprint density at radius 3 is 3.00 bits per heavy atom. The van der Waals surface area contributed by atoms with Gasteiger partial charge in [-0.1, -0.05) is 29.8 Å². The molecule has 2 aromatic carbocycles. The van der Waals surface area contributed by atoms with Crippen LogP contribution >= 0.6 is 11.6 Å². The molecule has 0 saturated carbocycles. The van der Waals surface area contributed by atoms with Gasteiger partial charge in [0.25, 0.3) is 0 Å². The minimum Gasteiger partial charge on any atom is -0.495 e. The quantitative estimate of drug-likeness (QED) is 0.940. The molecule has 2 aromatic rings. The monoisotopic (exact) mass is 321 g/mol. The Kier molecular flexibility index (Phi) is 4.84. The molecule has 0 radical (unpaired) electrons. The molecular formula is C17H20ClNO3. The second-order valence-corrected chi connectivity index (χ2v) is 5.79. The van der Waals surface area contributed by atoms with Crippen molar-refractivity contribution in [3.63, 3.8) is 0 Å². The lowest BCUT2D eigenvalue weighted by Gasteiger charge is -2.35. The molecule has 1 unspecified atom stereocenters. The fourth-order valence-electron chi connectivity index (χ4n) is 3.00. The molecule has 4 nitrogen and oxygen atoms in total. The number of nitrogens with zero attached hydrogens (tertiary/aromatic N) is 1. The van der Waals surface area contributed by atoms with E-state index in [1.54, 1.807) is 7.11 Å². The standard InChI is InChI=1S/C17H20ClNO3/c1-21-16-5-3-12-10-13(2-4-14(12)17(16)18)15-11-22-9-7-19(15)6-8-20/h2-5,10,15,20H,6-9,11H2,1H3. The molecule has 118 valence electrons. The number of methoxy groups -OCH3 is 1. The number of aliphatic hydroxyl groups is 1. The fourth-order valence-corrected chi connectivity index (χ4v) is 3.31. The van der Waals surface area contributed by atoms with Gasteiger partial charge in [-0.15, -0.1) is 0 Å². The van der Waals surface area contributed by atoms with Gasteiger partial charge in [0.2, 0.25) is 0 Å². The van der Waals surface area contributed by atoms with E-state index in [-0.39, 0.29) is 12.6 Å². The van der Waals surface area contributed by atoms with Crippen LogP contribution < -0.4 is 4.74 Å². The van der Waals surface area contributed by atoms with E-state index < -0.39 is 0 Å². The van der Waals surface area contributed by atoms with E-state index in [1.807, 2.05) is 18.2 Å². The number of benzene rings is 2. The summed E-state index contributed by atoms with van der Waals surface area (Å²) >= 11 is 6.37. The normalized spacial score (nSPS) is 19.5. The lowest BCUT2D eigenvalue weighted by Crippen LogP contribution is -2.40. The molecule has 1 N–H and O–H groups in total. The van der Waals surface area contributed by atoms with Crippen LogP contribution in [0, 0.1) is 0 Å². The summed E-state index contributed by atoms with van der Waals surface area (Å²) in [5.41, 5.74) is 1.18. The molecule has 1 atom stereocenters. The van der Waals surface area contributed by atoms with E-state index in [2.05, 4.69) is 17.0 Å². The molecule has 5 heteroatoms. The summed E-state index contributed by atoms with van der Waals surface area (Å²) in [7, 11) is 1.62. The molecule has 0 bridgehead atoms. The predicted molar refractivity (Wildman–Crippen MR) is 87.7 cm³/mol. The SMILES string of the molecule is COc1ccc2cc(C3COCCN3CCO)ccc2c1Cl. The summed E-state index contributed by atoms with van der Waals surface area (Å²) in [5, 5.41) is 11.9. The van der Waals surface area contributed by atoms with Crippen LogP contribution in [-0.4, -0.2) is 50.0 Å². The summed E-state index contributed by atoms with van der Waals surface area (Å²) in [4.78, 5) is 2.26. The van der Waals surface area contributed by atoms with Gasteiger partial charge in [0.15, 0.2) is 0 Å². The number of fused-ring (bicyclic) bond motifs is 1. The van der Waals surface area contributed by atoms with Crippen molar-refractivity contribution >= 4 is 22.4 Å². The van der Waals surface area contributed by atoms with Crippen molar-refractivity contribution in [1.82, 2.24) is 4.90 Å². The van der Waals surface area contributed by atoms with Crippen molar-refractivity contribution in [2.75, 3.05) is 40.0 Å². The minimum absolute atomic E-state index is 0.160. The number of rotatable bonds is 4. The molecule has 22 heavy (non-hydrogen) atoms. The maximum atomic E-state index is 9.24. The van der Waals surface area contributed by atoms with Crippen LogP contribution in [0.3, 0.4) is 0 Å². The molecule has 0 amide bonds. The zero-order valence-corrected chi connectivity index (χ0v) is 13.3. The van der Waals surface area contributed by atoms with Gasteiger partial charge >= 0.3 is 0 Å². The molecule has 0 aliphatic carbocycles. The van der Waals surface area contributed by atoms with E-state index in [1.165, 1.54) is 5.56 Å². The number of ether oxygens (including phenoxy) is 2. The number of hydrogen-bond acceptors (Lipinski definition) is 4. The maximum absolute atomic E-state index is 9.24. The van der Waals surface area contributed by atoms with Gasteiger partial charge in [-0.25, -0.2) is 0 Å². The Balaban J connectivity index is 1.97. The fraction of sp³-hybridized carbons (Fsp3) is 0.412. The van der Waals surface area contributed by atoms with Crippen LogP contribution in [0.15, 0.2) is 30.3 Å². The highest BCUT2D eigenvalue weighted by Crippen LogP contribution is 2.35. The number of β-amino-alcohol motifs (C(OH)–C–C–N with tert-alkyl or cyclic N) is 1. The van der Waals surface area contributed by atoms with Crippen molar-refractivity contribution < 1.29 is 14.6 Å². The minimum atomic E-state index is 0.160. The topological polar surface area (TPSA) is 41.9 Å². The average molecular weight is 322 g/mol. The zero-order valence-electron chi connectivity index (χ0n) is 12.6. The highest BCUT2D eigenvalue weighted by atomic mass is 35.5. The highest BCUT2D eigenvalue weighted by Gasteiger charge is 2.24. The second kappa shape index (κ2) is 6.84. The van der Waals surface area contributed by atoms with Crippen LogP contribution in [0.25, 0.3) is 10.8 Å². The van der Waals surface area contributed by atoms with E-state index >= 15 is 0 Å². The number of halogens is 1. The smallest absolute Gasteiger partial charge is 0.138 e. The van der Waals surface area contributed by atoms with Crippen LogP contribution in [0.2, 0.25) is 5.02 Å². The molecule has 1 saturated heterocycles. The van der Waals surface area contributed by atoms with Crippen LogP contribution in [0.5, 0.6) is 5.75 Å². The molecule has 0 spiro atoms. The lowest BCUT2D eigenvalue weighted by molar-refractivity contribution is -0.0145. The first-order valence-corrected chi connectivity index (χ1v) is 7.81. The van der Waals surface area contributed by atoms with Gasteiger partial charge in [-0.2, -0.15) is 0 Å². The van der Waals surface area contributed by atoms with E-state index in [4.69, 9.17) is 21.1 Å². The Morgan fingerprint density at radius 2 is 2.23 bits per heavy atom. The number of aliphatic hydroxyl groups excluding tert-OH is 1. The Labute approximate surface area is 135 Å². The molecule has 1 aliphatic heterocycles. The third kappa shape index (κ3) is 2.92. The van der Waals surface area contributed by atoms with Gasteiger partial charge < -0.3 is 14.6 Å². The van der Waals surface area contributed by atoms with Crippen molar-refractivity contribution in [2.24, 2.45) is 0 Å². The van der Waals surface area contributed by atoms with Gasteiger partial charge in [0.05, 0.1) is 38.0 Å². The largest absolute Gasteiger partial charge is 0.495 e. The third-order valence-corrected chi connectivity index (χ3v) is 4.56. The molecule has 1 heterocycles. The second-order valence-electron chi connectivity index (χ2n) is 5.41. The Hall–Kier alpha value is -1.33. The van der Waals surface area contributed by atoms with Crippen molar-refractivity contribution in [3.8, 4) is 5.75 Å². The van der Waals surface area contributed by atoms with Crippen molar-refractivity contribution in [2.45, 2.75) is 6.04 Å². The van der Waals surface area contributed by atoms with Crippen molar-refractivity contribution in [1.29, 1.82) is 0 Å². The third-order valence-electron chi connectivity index (χ3n) is 4.17. The van der Waals surface area contributed by atoms with Crippen LogP contribution in [0.4, 0.5) is 0 Å². The molecule has 1 fully saturated rings. The highest BCUT2D eigenvalue weighted by molar-refractivity contribution is 6.37. The van der Waals surface area contributed by atoms with E-state index in [9.17, 15) is 5.11 Å². The summed E-state index contributed by atoms with van der Waals surface area (Å²) in [6.45, 7) is 3.03. The summed E-state index contributed by atoms with van der Waals surface area (Å²) in [6, 6.07) is 10.3. The number of hydrogen-bond donors (Lipinski definition) is 1. The lowest BCUT2D eigenvalue weighted by atomic mass is 10.00. The van der Waals surface area contributed by atoms with E-state index in [0.29, 0.717) is 30.5 Å². The first kappa shape index (κ1) is 15.6. The molecule has 1 aliphatic rings. The molecule has 3 rings (SSSR count). The molecule has 0 aromatic heterocycles. The van der Waals surface area contributed by atoms with Gasteiger partial charge in [-0.05, 0) is 23.1 Å². The zero-order chi connectivity index (χ0) is 15.5. The first-order valence-electron chi connectivity index (χ1n) is 7.43. The Bertz CT molecular complexity index is 660. The average Bonchev–Trinajstić information content (AvgIpc) is 2.56. The predicted octanol–water partition coefficient (Wildman–Crippen LogP) is 2.87. The van der Waals surface area contributed by atoms with Crippen LogP contribution in [-0.2, 0) is 4.74 Å². The van der Waals surface area contributed by atoms with Crippen LogP contribution in [0.1, 0.15) is 11.6 Å². The van der Waals surface area contributed by atoms with Gasteiger partial charge in [0, 0.05) is 18.5 Å². The van der Waals surface area contributed by atoms with Gasteiger partial charge in [0.1, 0.15) is 5.75 Å². The van der Waals surface area contributed by atoms with Gasteiger partial charge in [-0.3, -0.25) is 4.90 Å². The summed E-state index contributed by atoms with van der Waals surface area (Å²) in [6.07, 6.45) is 0.